The molecule has 6 heteroatoms. The molecule has 0 bridgehead atoms. The number of nitrogens with two attached hydrogens (primary N) is 1. The van der Waals surface area contributed by atoms with Crippen molar-refractivity contribution in [3.05, 3.63) is 51.0 Å². The number of nitrogens with zero attached hydrogens (tertiary/aromatic N) is 1. The SMILES string of the molecule is Cc1ccc(O)cc1-c1cc(Br)c2nc[nH]c(=O)c2c1N. The van der Waals surface area contributed by atoms with Gasteiger partial charge in [-0.25, -0.2) is 4.98 Å². The van der Waals surface area contributed by atoms with E-state index >= 15 is 0 Å². The molecule has 0 unspecified atom stereocenters. The molecule has 0 aliphatic heterocycles. The van der Waals surface area contributed by atoms with Crippen LogP contribution in [0.25, 0.3) is 22.0 Å². The zero-order valence-corrected chi connectivity index (χ0v) is 12.7. The molecule has 3 aromatic rings. The Bertz CT molecular complexity index is 919. The molecule has 0 spiro atoms. The van der Waals surface area contributed by atoms with Crippen molar-refractivity contribution in [2.24, 2.45) is 0 Å². The van der Waals surface area contributed by atoms with E-state index in [4.69, 9.17) is 5.73 Å². The van der Waals surface area contributed by atoms with Crippen LogP contribution in [0.15, 0.2) is 39.9 Å². The number of hydrogen-bond acceptors (Lipinski definition) is 4. The molecular formula is C15H12BrN3O2. The van der Waals surface area contributed by atoms with Gasteiger partial charge >= 0.3 is 0 Å². The van der Waals surface area contributed by atoms with Crippen LogP contribution >= 0.6 is 15.9 Å². The monoisotopic (exact) mass is 345 g/mol. The fraction of sp³-hybridized carbons (Fsp3) is 0.0667. The van der Waals surface area contributed by atoms with E-state index < -0.39 is 0 Å². The molecule has 0 aliphatic rings. The molecule has 106 valence electrons. The number of benzene rings is 2. The Morgan fingerprint density at radius 3 is 2.81 bits per heavy atom. The number of fused-ring (bicyclic) bond motifs is 1. The lowest BCUT2D eigenvalue weighted by atomic mass is 9.97. The van der Waals surface area contributed by atoms with Gasteiger partial charge in [0, 0.05) is 10.0 Å². The molecule has 4 N–H and O–H groups in total. The van der Waals surface area contributed by atoms with Crippen LogP contribution in [-0.2, 0) is 0 Å². The van der Waals surface area contributed by atoms with Crippen LogP contribution in [0.2, 0.25) is 0 Å². The van der Waals surface area contributed by atoms with Crippen LogP contribution in [0.5, 0.6) is 5.75 Å². The lowest BCUT2D eigenvalue weighted by molar-refractivity contribution is 0.475. The number of aryl methyl sites for hydroxylation is 1. The Kier molecular flexibility index (Phi) is 3.17. The third-order valence-corrected chi connectivity index (χ3v) is 4.03. The number of phenols is 1. The quantitative estimate of drug-likeness (QED) is 0.591. The van der Waals surface area contributed by atoms with Gasteiger partial charge in [0.1, 0.15) is 5.75 Å². The first kappa shape index (κ1) is 13.6. The topological polar surface area (TPSA) is 92.0 Å². The number of hydrogen-bond donors (Lipinski definition) is 3. The van der Waals surface area contributed by atoms with E-state index in [9.17, 15) is 9.90 Å². The van der Waals surface area contributed by atoms with Crippen LogP contribution in [0.4, 0.5) is 5.69 Å². The molecule has 0 radical (unpaired) electrons. The summed E-state index contributed by atoms with van der Waals surface area (Å²) >= 11 is 3.42. The van der Waals surface area contributed by atoms with Gasteiger partial charge < -0.3 is 15.8 Å². The first-order valence-corrected chi connectivity index (χ1v) is 7.03. The minimum atomic E-state index is -0.294. The Balaban J connectivity index is 2.45. The van der Waals surface area contributed by atoms with E-state index in [0.29, 0.717) is 26.6 Å². The minimum Gasteiger partial charge on any atom is -0.508 e. The van der Waals surface area contributed by atoms with E-state index in [1.54, 1.807) is 18.2 Å². The van der Waals surface area contributed by atoms with Crippen molar-refractivity contribution in [2.75, 3.05) is 5.73 Å². The molecule has 0 saturated heterocycles. The molecular weight excluding hydrogens is 334 g/mol. The number of aromatic hydroxyl groups is 1. The number of H-pyrrole nitrogens is 1. The zero-order chi connectivity index (χ0) is 15.1. The summed E-state index contributed by atoms with van der Waals surface area (Å²) in [5, 5.41) is 10.0. The third-order valence-electron chi connectivity index (χ3n) is 3.42. The molecule has 3 rings (SSSR count). The number of aromatic amines is 1. The maximum atomic E-state index is 12.0. The van der Waals surface area contributed by atoms with Crippen LogP contribution in [0.1, 0.15) is 5.56 Å². The molecule has 0 aliphatic carbocycles. The van der Waals surface area contributed by atoms with E-state index in [0.717, 1.165) is 11.1 Å². The van der Waals surface area contributed by atoms with Crippen molar-refractivity contribution in [3.63, 3.8) is 0 Å². The Morgan fingerprint density at radius 1 is 1.29 bits per heavy atom. The molecule has 0 amide bonds. The second-order valence-corrected chi connectivity index (χ2v) is 5.63. The second kappa shape index (κ2) is 4.89. The summed E-state index contributed by atoms with van der Waals surface area (Å²) in [4.78, 5) is 18.7. The average molecular weight is 346 g/mol. The maximum Gasteiger partial charge on any atom is 0.260 e. The number of phenolic OH excluding ortho intramolecular Hbond substituents is 1. The Labute approximate surface area is 128 Å². The average Bonchev–Trinajstić information content (AvgIpc) is 2.45. The van der Waals surface area contributed by atoms with Gasteiger partial charge in [-0.05, 0) is 52.2 Å². The number of nitrogens with one attached hydrogen (secondary N) is 1. The second-order valence-electron chi connectivity index (χ2n) is 4.77. The highest BCUT2D eigenvalue weighted by Gasteiger charge is 2.15. The smallest absolute Gasteiger partial charge is 0.260 e. The van der Waals surface area contributed by atoms with Gasteiger partial charge in [-0.1, -0.05) is 6.07 Å². The molecule has 5 nitrogen and oxygen atoms in total. The van der Waals surface area contributed by atoms with Gasteiger partial charge in [0.15, 0.2) is 0 Å². The van der Waals surface area contributed by atoms with Crippen LogP contribution in [-0.4, -0.2) is 15.1 Å². The largest absolute Gasteiger partial charge is 0.508 e. The number of halogens is 1. The normalized spacial score (nSPS) is 11.0. The number of nitrogen functional groups attached to an aromatic ring is 1. The standard InChI is InChI=1S/C15H12BrN3O2/c1-7-2-3-8(20)4-9(7)10-5-11(16)14-12(13(10)17)15(21)19-6-18-14/h2-6,20H,17H2,1H3,(H,18,19,21). The minimum absolute atomic E-state index is 0.145. The van der Waals surface area contributed by atoms with Crippen LogP contribution in [0, 0.1) is 6.92 Å². The fourth-order valence-corrected chi connectivity index (χ4v) is 2.89. The lowest BCUT2D eigenvalue weighted by Gasteiger charge is -2.12. The first-order chi connectivity index (χ1) is 9.99. The van der Waals surface area contributed by atoms with Gasteiger partial charge in [0.05, 0.1) is 22.9 Å². The van der Waals surface area contributed by atoms with Crippen molar-refractivity contribution >= 4 is 32.5 Å². The molecule has 0 fully saturated rings. The third kappa shape index (κ3) is 2.17. The van der Waals surface area contributed by atoms with Gasteiger partial charge in [-0.3, -0.25) is 4.79 Å². The Hall–Kier alpha value is -2.34. The van der Waals surface area contributed by atoms with Gasteiger partial charge in [0.25, 0.3) is 5.56 Å². The lowest BCUT2D eigenvalue weighted by Crippen LogP contribution is -2.10. The van der Waals surface area contributed by atoms with E-state index in [2.05, 4.69) is 25.9 Å². The number of rotatable bonds is 1. The molecule has 21 heavy (non-hydrogen) atoms. The molecule has 2 aromatic carbocycles. The summed E-state index contributed by atoms with van der Waals surface area (Å²) < 4.78 is 0.676. The fourth-order valence-electron chi connectivity index (χ4n) is 2.36. The summed E-state index contributed by atoms with van der Waals surface area (Å²) in [5.74, 6) is 0.145. The zero-order valence-electron chi connectivity index (χ0n) is 11.1. The maximum absolute atomic E-state index is 12.0. The highest BCUT2D eigenvalue weighted by atomic mass is 79.9. The number of anilines is 1. The number of aromatic nitrogens is 2. The van der Waals surface area contributed by atoms with Crippen molar-refractivity contribution in [1.29, 1.82) is 0 Å². The molecule has 0 saturated carbocycles. The van der Waals surface area contributed by atoms with E-state index in [1.807, 2.05) is 13.0 Å². The van der Waals surface area contributed by atoms with Crippen molar-refractivity contribution < 1.29 is 5.11 Å². The summed E-state index contributed by atoms with van der Waals surface area (Å²) in [5.41, 5.74) is 9.15. The van der Waals surface area contributed by atoms with Gasteiger partial charge in [0.2, 0.25) is 0 Å². The summed E-state index contributed by atoms with van der Waals surface area (Å²) in [6.45, 7) is 1.92. The summed E-state index contributed by atoms with van der Waals surface area (Å²) in [6, 6.07) is 6.85. The first-order valence-electron chi connectivity index (χ1n) is 6.24. The van der Waals surface area contributed by atoms with Crippen molar-refractivity contribution in [1.82, 2.24) is 9.97 Å². The van der Waals surface area contributed by atoms with E-state index in [-0.39, 0.29) is 11.3 Å². The van der Waals surface area contributed by atoms with Gasteiger partial charge in [-0.15, -0.1) is 0 Å². The molecule has 1 heterocycles. The van der Waals surface area contributed by atoms with Gasteiger partial charge in [-0.2, -0.15) is 0 Å². The molecule has 1 aromatic heterocycles. The van der Waals surface area contributed by atoms with Crippen LogP contribution in [0.3, 0.4) is 0 Å². The predicted molar refractivity (Wildman–Crippen MR) is 86.3 cm³/mol. The van der Waals surface area contributed by atoms with Crippen LogP contribution < -0.4 is 11.3 Å². The Morgan fingerprint density at radius 2 is 2.05 bits per heavy atom. The summed E-state index contributed by atoms with van der Waals surface area (Å²) in [7, 11) is 0. The van der Waals surface area contributed by atoms with Crippen molar-refractivity contribution in [2.45, 2.75) is 6.92 Å². The highest BCUT2D eigenvalue weighted by molar-refractivity contribution is 9.10. The highest BCUT2D eigenvalue weighted by Crippen LogP contribution is 2.37. The van der Waals surface area contributed by atoms with E-state index in [1.165, 1.54) is 6.33 Å². The molecule has 0 atom stereocenters. The summed E-state index contributed by atoms with van der Waals surface area (Å²) in [6.07, 6.45) is 1.34. The van der Waals surface area contributed by atoms with Crippen molar-refractivity contribution in [3.8, 4) is 16.9 Å². The predicted octanol–water partition coefficient (Wildman–Crippen LogP) is 2.95.